The predicted octanol–water partition coefficient (Wildman–Crippen LogP) is 3.67. The highest BCUT2D eigenvalue weighted by Crippen LogP contribution is 2.19. The van der Waals surface area contributed by atoms with Crippen molar-refractivity contribution in [2.24, 2.45) is 0 Å². The predicted molar refractivity (Wildman–Crippen MR) is 97.4 cm³/mol. The molecule has 0 saturated heterocycles. The maximum absolute atomic E-state index is 11.7. The molecule has 0 radical (unpaired) electrons. The molecule has 2 aromatic carbocycles. The lowest BCUT2D eigenvalue weighted by atomic mass is 10.2. The molecule has 0 saturated carbocycles. The van der Waals surface area contributed by atoms with Gasteiger partial charge in [-0.2, -0.15) is 0 Å². The molecular formula is C19H14ClN3O3. The highest BCUT2D eigenvalue weighted by atomic mass is 35.5. The van der Waals surface area contributed by atoms with Gasteiger partial charge in [-0.1, -0.05) is 35.0 Å². The lowest BCUT2D eigenvalue weighted by Crippen LogP contribution is -2.01. The molecule has 2 heterocycles. The highest BCUT2D eigenvalue weighted by molar-refractivity contribution is 6.31. The topological polar surface area (TPSA) is 70.2 Å². The van der Waals surface area contributed by atoms with E-state index in [0.29, 0.717) is 34.0 Å². The minimum absolute atomic E-state index is 0.0830. The average Bonchev–Trinajstić information content (AvgIpc) is 3.09. The van der Waals surface area contributed by atoms with E-state index in [2.05, 4.69) is 10.3 Å². The monoisotopic (exact) mass is 367 g/mol. The standard InChI is InChI=1S/C19H14ClN3O3/c20-17-4-2-1-3-13(17)10-23-11-14(21-22-23)12-26-15-5-6-16-18(24)7-8-25-19(16)9-15/h1-9,11H,10,12H2. The zero-order valence-electron chi connectivity index (χ0n) is 13.6. The fourth-order valence-electron chi connectivity index (χ4n) is 2.59. The van der Waals surface area contributed by atoms with Crippen LogP contribution in [-0.2, 0) is 13.2 Å². The Morgan fingerprint density at radius 1 is 1.15 bits per heavy atom. The molecule has 26 heavy (non-hydrogen) atoms. The van der Waals surface area contributed by atoms with Gasteiger partial charge in [-0.25, -0.2) is 4.68 Å². The van der Waals surface area contributed by atoms with Crippen LogP contribution < -0.4 is 10.2 Å². The number of hydrogen-bond donors (Lipinski definition) is 0. The van der Waals surface area contributed by atoms with Gasteiger partial charge in [0.25, 0.3) is 0 Å². The summed E-state index contributed by atoms with van der Waals surface area (Å²) in [5.74, 6) is 0.590. The van der Waals surface area contributed by atoms with E-state index in [1.165, 1.54) is 12.3 Å². The first-order chi connectivity index (χ1) is 12.7. The van der Waals surface area contributed by atoms with Crippen molar-refractivity contribution in [3.05, 3.63) is 87.5 Å². The number of ether oxygens (including phenoxy) is 1. The van der Waals surface area contributed by atoms with E-state index in [9.17, 15) is 4.79 Å². The number of hydrogen-bond acceptors (Lipinski definition) is 5. The van der Waals surface area contributed by atoms with Gasteiger partial charge in [-0.3, -0.25) is 4.79 Å². The lowest BCUT2D eigenvalue weighted by Gasteiger charge is -2.05. The fraction of sp³-hybridized carbons (Fsp3) is 0.105. The summed E-state index contributed by atoms with van der Waals surface area (Å²) < 4.78 is 12.8. The van der Waals surface area contributed by atoms with Crippen molar-refractivity contribution in [3.63, 3.8) is 0 Å². The number of halogens is 1. The van der Waals surface area contributed by atoms with E-state index < -0.39 is 0 Å². The summed E-state index contributed by atoms with van der Waals surface area (Å²) in [5, 5.41) is 9.41. The molecule has 0 atom stereocenters. The van der Waals surface area contributed by atoms with Gasteiger partial charge < -0.3 is 9.15 Å². The molecular weight excluding hydrogens is 354 g/mol. The average molecular weight is 368 g/mol. The van der Waals surface area contributed by atoms with E-state index in [0.717, 1.165) is 5.56 Å². The maximum atomic E-state index is 11.7. The van der Waals surface area contributed by atoms with Gasteiger partial charge in [0.15, 0.2) is 5.43 Å². The highest BCUT2D eigenvalue weighted by Gasteiger charge is 2.06. The summed E-state index contributed by atoms with van der Waals surface area (Å²) in [6.45, 7) is 0.791. The molecule has 4 aromatic rings. The lowest BCUT2D eigenvalue weighted by molar-refractivity contribution is 0.301. The van der Waals surface area contributed by atoms with Crippen LogP contribution in [-0.4, -0.2) is 15.0 Å². The van der Waals surface area contributed by atoms with Crippen molar-refractivity contribution in [2.45, 2.75) is 13.2 Å². The van der Waals surface area contributed by atoms with E-state index in [1.54, 1.807) is 22.9 Å². The van der Waals surface area contributed by atoms with Gasteiger partial charge in [0, 0.05) is 17.2 Å². The van der Waals surface area contributed by atoms with Crippen molar-refractivity contribution in [2.75, 3.05) is 0 Å². The molecule has 0 bridgehead atoms. The van der Waals surface area contributed by atoms with Crippen LogP contribution in [0, 0.1) is 0 Å². The number of nitrogens with zero attached hydrogens (tertiary/aromatic N) is 3. The quantitative estimate of drug-likeness (QED) is 0.538. The molecule has 0 aliphatic carbocycles. The van der Waals surface area contributed by atoms with Gasteiger partial charge in [-0.05, 0) is 23.8 Å². The molecule has 0 fully saturated rings. The van der Waals surface area contributed by atoms with Crippen molar-refractivity contribution in [1.82, 2.24) is 15.0 Å². The summed E-state index contributed by atoms with van der Waals surface area (Å²) in [6.07, 6.45) is 3.18. The minimum Gasteiger partial charge on any atom is -0.487 e. The number of fused-ring (bicyclic) bond motifs is 1. The third-order valence-corrected chi connectivity index (χ3v) is 4.26. The molecule has 0 N–H and O–H groups in total. The van der Waals surface area contributed by atoms with Crippen LogP contribution in [0.25, 0.3) is 11.0 Å². The Kier molecular flexibility index (Phi) is 4.41. The molecule has 2 aromatic heterocycles. The molecule has 0 aliphatic rings. The second kappa shape index (κ2) is 7.01. The molecule has 130 valence electrons. The molecule has 0 amide bonds. The molecule has 0 spiro atoms. The van der Waals surface area contributed by atoms with Gasteiger partial charge >= 0.3 is 0 Å². The van der Waals surface area contributed by atoms with Crippen LogP contribution in [0.15, 0.2) is 70.2 Å². The Labute approximate surface area is 153 Å². The van der Waals surface area contributed by atoms with Gasteiger partial charge in [0.1, 0.15) is 23.6 Å². The number of benzene rings is 2. The molecule has 6 nitrogen and oxygen atoms in total. The normalized spacial score (nSPS) is 11.0. The Morgan fingerprint density at radius 3 is 2.92 bits per heavy atom. The van der Waals surface area contributed by atoms with E-state index >= 15 is 0 Å². The largest absolute Gasteiger partial charge is 0.487 e. The number of rotatable bonds is 5. The Balaban J connectivity index is 1.45. The summed E-state index contributed by atoms with van der Waals surface area (Å²) in [7, 11) is 0. The summed E-state index contributed by atoms with van der Waals surface area (Å²) in [5.41, 5.74) is 2.06. The smallest absolute Gasteiger partial charge is 0.192 e. The first-order valence-electron chi connectivity index (χ1n) is 7.96. The first kappa shape index (κ1) is 16.4. The Hall–Kier alpha value is -3.12. The second-order valence-electron chi connectivity index (χ2n) is 5.73. The Morgan fingerprint density at radius 2 is 2.04 bits per heavy atom. The van der Waals surface area contributed by atoms with Crippen LogP contribution in [0.4, 0.5) is 0 Å². The maximum Gasteiger partial charge on any atom is 0.192 e. The summed E-state index contributed by atoms with van der Waals surface area (Å²) in [6, 6.07) is 14.1. The molecule has 4 rings (SSSR count). The van der Waals surface area contributed by atoms with Crippen LogP contribution in [0.2, 0.25) is 5.02 Å². The molecule has 0 unspecified atom stereocenters. The van der Waals surface area contributed by atoms with Crippen molar-refractivity contribution in [1.29, 1.82) is 0 Å². The zero-order valence-corrected chi connectivity index (χ0v) is 14.4. The summed E-state index contributed by atoms with van der Waals surface area (Å²) >= 11 is 6.16. The Bertz CT molecular complexity index is 1120. The van der Waals surface area contributed by atoms with Crippen molar-refractivity contribution >= 4 is 22.6 Å². The van der Waals surface area contributed by atoms with Crippen LogP contribution in [0.5, 0.6) is 5.75 Å². The number of aromatic nitrogens is 3. The van der Waals surface area contributed by atoms with Crippen molar-refractivity contribution < 1.29 is 9.15 Å². The van der Waals surface area contributed by atoms with E-state index in [4.69, 9.17) is 20.8 Å². The second-order valence-corrected chi connectivity index (χ2v) is 6.14. The third-order valence-electron chi connectivity index (χ3n) is 3.90. The van der Waals surface area contributed by atoms with E-state index in [1.807, 2.05) is 30.5 Å². The van der Waals surface area contributed by atoms with Crippen molar-refractivity contribution in [3.8, 4) is 5.75 Å². The minimum atomic E-state index is -0.0830. The van der Waals surface area contributed by atoms with Gasteiger partial charge in [-0.15, -0.1) is 5.10 Å². The molecule has 7 heteroatoms. The third kappa shape index (κ3) is 3.45. The van der Waals surface area contributed by atoms with Crippen LogP contribution >= 0.6 is 11.6 Å². The van der Waals surface area contributed by atoms with Gasteiger partial charge in [0.2, 0.25) is 0 Å². The SMILES string of the molecule is O=c1ccoc2cc(OCc3cn(Cc4ccccc4Cl)nn3)ccc12. The first-order valence-corrected chi connectivity index (χ1v) is 8.33. The molecule has 0 aliphatic heterocycles. The zero-order chi connectivity index (χ0) is 17.9. The van der Waals surface area contributed by atoms with Crippen LogP contribution in [0.3, 0.4) is 0 Å². The summed E-state index contributed by atoms with van der Waals surface area (Å²) in [4.78, 5) is 11.7. The van der Waals surface area contributed by atoms with E-state index in [-0.39, 0.29) is 12.0 Å². The fourth-order valence-corrected chi connectivity index (χ4v) is 2.79. The van der Waals surface area contributed by atoms with Crippen LogP contribution in [0.1, 0.15) is 11.3 Å². The van der Waals surface area contributed by atoms with Gasteiger partial charge in [0.05, 0.1) is 24.4 Å².